The summed E-state index contributed by atoms with van der Waals surface area (Å²) < 4.78 is 34.8. The smallest absolute Gasteiger partial charge is 0.166 e. The lowest BCUT2D eigenvalue weighted by molar-refractivity contribution is -0.0878. The van der Waals surface area contributed by atoms with E-state index in [0.717, 1.165) is 6.08 Å². The molecule has 0 bridgehead atoms. The number of allylic oxidation sites excluding steroid dienone is 4. The van der Waals surface area contributed by atoms with E-state index in [0.29, 0.717) is 0 Å². The molecule has 0 aromatic heterocycles. The molecule has 0 saturated heterocycles. The highest BCUT2D eigenvalue weighted by Crippen LogP contribution is 2.24. The zero-order chi connectivity index (χ0) is 8.20. The van der Waals surface area contributed by atoms with Crippen LogP contribution in [-0.2, 0) is 0 Å². The van der Waals surface area contributed by atoms with Crippen LogP contribution in [0, 0.1) is 0 Å². The highest BCUT2D eigenvalue weighted by Gasteiger charge is 2.29. The molecular weight excluding hydrogens is 141 g/mol. The molecule has 0 radical (unpaired) electrons. The second-order valence-corrected chi connectivity index (χ2v) is 1.62. The second-order valence-electron chi connectivity index (χ2n) is 1.62. The van der Waals surface area contributed by atoms with Crippen molar-refractivity contribution in [2.24, 2.45) is 0 Å². The third-order valence-corrected chi connectivity index (χ3v) is 0.798. The Labute approximate surface area is 57.4 Å². The van der Waals surface area contributed by atoms with Crippen LogP contribution in [0.3, 0.4) is 0 Å². The van der Waals surface area contributed by atoms with Gasteiger partial charge in [0.2, 0.25) is 0 Å². The third kappa shape index (κ3) is 3.12. The van der Waals surface area contributed by atoms with Crippen molar-refractivity contribution >= 4 is 0 Å². The van der Waals surface area contributed by atoms with Crippen LogP contribution in [0.15, 0.2) is 37.0 Å². The third-order valence-electron chi connectivity index (χ3n) is 0.798. The maximum Gasteiger partial charge on any atom is 0.415 e. The standard InChI is InChI=1S/C7H7F3/c1-3-4-5-6(2)7(8,9)10/h3-5H,1-2H2. The fraction of sp³-hybridized carbons (Fsp3) is 0.143. The van der Waals surface area contributed by atoms with Crippen LogP contribution in [0.2, 0.25) is 0 Å². The van der Waals surface area contributed by atoms with E-state index < -0.39 is 11.7 Å². The second kappa shape index (κ2) is 3.25. The first-order valence-electron chi connectivity index (χ1n) is 2.53. The van der Waals surface area contributed by atoms with Crippen LogP contribution in [0.4, 0.5) is 13.2 Å². The Balaban J connectivity index is 4.11. The normalized spacial score (nSPS) is 11.9. The Hall–Kier alpha value is -0.990. The Kier molecular flexibility index (Phi) is 2.93. The monoisotopic (exact) mass is 148 g/mol. The SMILES string of the molecule is C=CC=CC(=C)C(F)(F)F. The molecule has 0 fully saturated rings. The lowest BCUT2D eigenvalue weighted by atomic mass is 10.3. The van der Waals surface area contributed by atoms with Gasteiger partial charge in [-0.15, -0.1) is 0 Å². The number of alkyl halides is 3. The predicted molar refractivity (Wildman–Crippen MR) is 34.5 cm³/mol. The minimum atomic E-state index is -4.32. The van der Waals surface area contributed by atoms with Gasteiger partial charge in [0, 0.05) is 5.57 Å². The summed E-state index contributed by atoms with van der Waals surface area (Å²) in [5.41, 5.74) is -0.868. The first-order valence-corrected chi connectivity index (χ1v) is 2.53. The maximum absolute atomic E-state index is 11.6. The van der Waals surface area contributed by atoms with Crippen LogP contribution in [0.1, 0.15) is 0 Å². The fourth-order valence-electron chi connectivity index (χ4n) is 0.279. The molecule has 0 aliphatic rings. The van der Waals surface area contributed by atoms with Gasteiger partial charge in [-0.3, -0.25) is 0 Å². The van der Waals surface area contributed by atoms with E-state index in [1.54, 1.807) is 0 Å². The molecule has 0 unspecified atom stereocenters. The molecular formula is C7H7F3. The molecule has 0 N–H and O–H groups in total. The highest BCUT2D eigenvalue weighted by atomic mass is 19.4. The molecule has 0 spiro atoms. The molecule has 0 aromatic carbocycles. The Morgan fingerprint density at radius 3 is 2.10 bits per heavy atom. The van der Waals surface area contributed by atoms with E-state index in [2.05, 4.69) is 13.2 Å². The summed E-state index contributed by atoms with van der Waals surface area (Å²) in [6.45, 7) is 6.02. The summed E-state index contributed by atoms with van der Waals surface area (Å²) in [4.78, 5) is 0. The van der Waals surface area contributed by atoms with Gasteiger partial charge in [0.15, 0.2) is 0 Å². The lowest BCUT2D eigenvalue weighted by Gasteiger charge is -2.03. The first kappa shape index (κ1) is 9.01. The molecule has 0 heterocycles. The van der Waals surface area contributed by atoms with Crippen molar-refractivity contribution in [2.45, 2.75) is 6.18 Å². The quantitative estimate of drug-likeness (QED) is 0.528. The Morgan fingerprint density at radius 1 is 1.30 bits per heavy atom. The molecule has 0 atom stereocenters. The van der Waals surface area contributed by atoms with E-state index in [4.69, 9.17) is 0 Å². The van der Waals surface area contributed by atoms with Crippen LogP contribution < -0.4 is 0 Å². The van der Waals surface area contributed by atoms with Gasteiger partial charge >= 0.3 is 6.18 Å². The van der Waals surface area contributed by atoms with Crippen molar-refractivity contribution in [3.63, 3.8) is 0 Å². The van der Waals surface area contributed by atoms with E-state index in [1.807, 2.05) is 0 Å². The average Bonchev–Trinajstić information content (AvgIpc) is 1.80. The molecule has 0 saturated carbocycles. The largest absolute Gasteiger partial charge is 0.415 e. The topological polar surface area (TPSA) is 0 Å². The summed E-state index contributed by atoms with van der Waals surface area (Å²) >= 11 is 0. The molecule has 10 heavy (non-hydrogen) atoms. The summed E-state index contributed by atoms with van der Waals surface area (Å²) in [7, 11) is 0. The molecule has 0 aromatic rings. The van der Waals surface area contributed by atoms with Crippen molar-refractivity contribution in [1.29, 1.82) is 0 Å². The van der Waals surface area contributed by atoms with E-state index >= 15 is 0 Å². The molecule has 0 aliphatic carbocycles. The fourth-order valence-corrected chi connectivity index (χ4v) is 0.279. The van der Waals surface area contributed by atoms with E-state index in [9.17, 15) is 13.2 Å². The summed E-state index contributed by atoms with van der Waals surface area (Å²) in [6.07, 6.45) is -1.00. The van der Waals surface area contributed by atoms with Gasteiger partial charge in [0.05, 0.1) is 0 Å². The van der Waals surface area contributed by atoms with E-state index in [1.165, 1.54) is 12.2 Å². The van der Waals surface area contributed by atoms with Gasteiger partial charge in [0.25, 0.3) is 0 Å². The van der Waals surface area contributed by atoms with Gasteiger partial charge < -0.3 is 0 Å². The first-order chi connectivity index (χ1) is 4.48. The highest BCUT2D eigenvalue weighted by molar-refractivity contribution is 5.22. The van der Waals surface area contributed by atoms with Crippen molar-refractivity contribution in [2.75, 3.05) is 0 Å². The summed E-state index contributed by atoms with van der Waals surface area (Å²) in [5.74, 6) is 0. The summed E-state index contributed by atoms with van der Waals surface area (Å²) in [5, 5.41) is 0. The van der Waals surface area contributed by atoms with Crippen molar-refractivity contribution in [1.82, 2.24) is 0 Å². The molecule has 0 aliphatic heterocycles. The Morgan fingerprint density at radius 2 is 1.80 bits per heavy atom. The molecule has 0 rings (SSSR count). The zero-order valence-electron chi connectivity index (χ0n) is 5.28. The minimum absolute atomic E-state index is 0.868. The predicted octanol–water partition coefficient (Wildman–Crippen LogP) is 2.85. The van der Waals surface area contributed by atoms with Crippen molar-refractivity contribution in [3.8, 4) is 0 Å². The zero-order valence-corrected chi connectivity index (χ0v) is 5.28. The maximum atomic E-state index is 11.6. The average molecular weight is 148 g/mol. The van der Waals surface area contributed by atoms with Gasteiger partial charge in [-0.2, -0.15) is 13.2 Å². The van der Waals surface area contributed by atoms with Crippen LogP contribution in [-0.4, -0.2) is 6.18 Å². The molecule has 56 valence electrons. The molecule has 0 amide bonds. The van der Waals surface area contributed by atoms with Gasteiger partial charge in [-0.25, -0.2) is 0 Å². The number of hydrogen-bond donors (Lipinski definition) is 0. The van der Waals surface area contributed by atoms with Crippen molar-refractivity contribution < 1.29 is 13.2 Å². The molecule has 3 heteroatoms. The number of hydrogen-bond acceptors (Lipinski definition) is 0. The number of rotatable bonds is 2. The van der Waals surface area contributed by atoms with Gasteiger partial charge in [0.1, 0.15) is 0 Å². The van der Waals surface area contributed by atoms with Crippen LogP contribution >= 0.6 is 0 Å². The molecule has 0 nitrogen and oxygen atoms in total. The van der Waals surface area contributed by atoms with Gasteiger partial charge in [-0.05, 0) is 0 Å². The Bertz CT molecular complexity index is 162. The van der Waals surface area contributed by atoms with Gasteiger partial charge in [-0.1, -0.05) is 31.4 Å². The lowest BCUT2D eigenvalue weighted by Crippen LogP contribution is -2.08. The van der Waals surface area contributed by atoms with Crippen LogP contribution in [0.25, 0.3) is 0 Å². The van der Waals surface area contributed by atoms with Crippen LogP contribution in [0.5, 0.6) is 0 Å². The van der Waals surface area contributed by atoms with E-state index in [-0.39, 0.29) is 0 Å². The number of halogens is 3. The minimum Gasteiger partial charge on any atom is -0.166 e. The summed E-state index contributed by atoms with van der Waals surface area (Å²) in [6, 6.07) is 0. The van der Waals surface area contributed by atoms with Crippen molar-refractivity contribution in [3.05, 3.63) is 37.0 Å².